The normalized spacial score (nSPS) is 11.9. The predicted molar refractivity (Wildman–Crippen MR) is 88.0 cm³/mol. The van der Waals surface area contributed by atoms with Crippen molar-refractivity contribution in [1.82, 2.24) is 4.98 Å². The molecule has 0 fully saturated rings. The topological polar surface area (TPSA) is 65.2 Å². The molecule has 0 radical (unpaired) electrons. The van der Waals surface area contributed by atoms with E-state index < -0.39 is 12.0 Å². The average Bonchev–Trinajstić information content (AvgIpc) is 2.40. The minimum atomic E-state index is -0.590. The van der Waals surface area contributed by atoms with Gasteiger partial charge in [-0.1, -0.05) is 49.9 Å². The summed E-state index contributed by atoms with van der Waals surface area (Å²) >= 11 is 11.5. The molecular weight excluding hydrogens is 335 g/mol. The van der Waals surface area contributed by atoms with Gasteiger partial charge in [-0.2, -0.15) is 0 Å². The second-order valence-electron chi connectivity index (χ2n) is 4.75. The molecule has 0 saturated heterocycles. The highest BCUT2D eigenvalue weighted by Crippen LogP contribution is 2.17. The summed E-state index contributed by atoms with van der Waals surface area (Å²) in [6, 6.07) is 2.62. The number of hydrogen-bond acceptors (Lipinski definition) is 4. The van der Waals surface area contributed by atoms with Crippen molar-refractivity contribution in [3.63, 3.8) is 0 Å². The van der Waals surface area contributed by atoms with Crippen LogP contribution in [-0.4, -0.2) is 17.0 Å². The third-order valence-corrected chi connectivity index (χ3v) is 3.64. The maximum absolute atomic E-state index is 11.8. The van der Waals surface area contributed by atoms with Crippen LogP contribution in [0.25, 0.3) is 0 Å². The Morgan fingerprint density at radius 3 is 2.29 bits per heavy atom. The number of nitrogens with two attached hydrogens (primary N) is 1. The third kappa shape index (κ3) is 7.32. The van der Waals surface area contributed by atoms with Crippen LogP contribution in [-0.2, 0) is 16.1 Å². The van der Waals surface area contributed by atoms with Gasteiger partial charge < -0.3 is 10.5 Å². The fourth-order valence-electron chi connectivity index (χ4n) is 1.94. The van der Waals surface area contributed by atoms with Gasteiger partial charge in [0.25, 0.3) is 0 Å². The van der Waals surface area contributed by atoms with Gasteiger partial charge in [0.2, 0.25) is 0 Å². The summed E-state index contributed by atoms with van der Waals surface area (Å²) in [5, 5.41) is 0.537. The minimum absolute atomic E-state index is 0. The van der Waals surface area contributed by atoms with Gasteiger partial charge >= 0.3 is 5.97 Å². The van der Waals surface area contributed by atoms with Crippen LogP contribution in [0, 0.1) is 5.92 Å². The molecule has 0 bridgehead atoms. The van der Waals surface area contributed by atoms with E-state index in [-0.39, 0.29) is 29.3 Å². The number of carbonyl (C=O) groups is 1. The van der Waals surface area contributed by atoms with Crippen LogP contribution in [0.2, 0.25) is 10.3 Å². The SMILES string of the molecule is CCC(CC)C[C@H](N)C(=O)OCc1cc(Cl)nc(Cl)c1.Cl. The van der Waals surface area contributed by atoms with E-state index in [1.54, 1.807) is 12.1 Å². The van der Waals surface area contributed by atoms with Gasteiger partial charge in [0.05, 0.1) is 0 Å². The first kappa shape index (κ1) is 20.5. The Morgan fingerprint density at radius 1 is 1.29 bits per heavy atom. The number of nitrogens with zero attached hydrogens (tertiary/aromatic N) is 1. The quantitative estimate of drug-likeness (QED) is 0.593. The van der Waals surface area contributed by atoms with Gasteiger partial charge in [-0.25, -0.2) is 4.98 Å². The van der Waals surface area contributed by atoms with E-state index in [9.17, 15) is 4.79 Å². The Morgan fingerprint density at radius 2 is 1.81 bits per heavy atom. The summed E-state index contributed by atoms with van der Waals surface area (Å²) in [6.45, 7) is 4.28. The van der Waals surface area contributed by atoms with E-state index in [1.165, 1.54) is 0 Å². The zero-order valence-corrected chi connectivity index (χ0v) is 14.5. The highest BCUT2D eigenvalue weighted by molar-refractivity contribution is 6.32. The molecule has 1 atom stereocenters. The molecule has 0 spiro atoms. The molecule has 0 aliphatic carbocycles. The van der Waals surface area contributed by atoms with Crippen LogP contribution in [0.3, 0.4) is 0 Å². The number of hydrogen-bond donors (Lipinski definition) is 1. The first-order valence-corrected chi connectivity index (χ1v) is 7.46. The highest BCUT2D eigenvalue weighted by Gasteiger charge is 2.19. The Labute approximate surface area is 141 Å². The summed E-state index contributed by atoms with van der Waals surface area (Å²) in [5.41, 5.74) is 6.55. The minimum Gasteiger partial charge on any atom is -0.460 e. The van der Waals surface area contributed by atoms with E-state index in [2.05, 4.69) is 18.8 Å². The fraction of sp³-hybridized carbons (Fsp3) is 0.571. The van der Waals surface area contributed by atoms with Crippen molar-refractivity contribution in [2.24, 2.45) is 11.7 Å². The number of esters is 1. The number of rotatable bonds is 7. The molecule has 0 unspecified atom stereocenters. The van der Waals surface area contributed by atoms with E-state index in [1.807, 2.05) is 0 Å². The number of ether oxygens (including phenoxy) is 1. The van der Waals surface area contributed by atoms with E-state index >= 15 is 0 Å². The van der Waals surface area contributed by atoms with Gasteiger partial charge in [-0.3, -0.25) is 4.79 Å². The largest absolute Gasteiger partial charge is 0.460 e. The van der Waals surface area contributed by atoms with Crippen molar-refractivity contribution in [3.05, 3.63) is 28.0 Å². The van der Waals surface area contributed by atoms with Crippen molar-refractivity contribution in [3.8, 4) is 0 Å². The molecular formula is C14H21Cl3N2O2. The molecule has 0 aliphatic rings. The Balaban J connectivity index is 0.00000400. The number of aromatic nitrogens is 1. The maximum atomic E-state index is 11.8. The molecule has 1 aromatic heterocycles. The fourth-order valence-corrected chi connectivity index (χ4v) is 2.44. The van der Waals surface area contributed by atoms with E-state index in [0.29, 0.717) is 17.9 Å². The van der Waals surface area contributed by atoms with Crippen LogP contribution >= 0.6 is 35.6 Å². The molecule has 1 rings (SSSR count). The van der Waals surface area contributed by atoms with Crippen molar-refractivity contribution in [2.75, 3.05) is 0 Å². The van der Waals surface area contributed by atoms with Gasteiger partial charge in [-0.15, -0.1) is 12.4 Å². The van der Waals surface area contributed by atoms with Gasteiger partial charge in [0.1, 0.15) is 23.0 Å². The zero-order valence-electron chi connectivity index (χ0n) is 12.1. The van der Waals surface area contributed by atoms with Crippen LogP contribution in [0.15, 0.2) is 12.1 Å². The molecule has 120 valence electrons. The Bertz CT molecular complexity index is 434. The monoisotopic (exact) mass is 354 g/mol. The highest BCUT2D eigenvalue weighted by atomic mass is 35.5. The summed E-state index contributed by atoms with van der Waals surface area (Å²) in [5.74, 6) is 0.0447. The van der Waals surface area contributed by atoms with Crippen LogP contribution in [0.5, 0.6) is 0 Å². The maximum Gasteiger partial charge on any atom is 0.323 e. The lowest BCUT2D eigenvalue weighted by Crippen LogP contribution is -2.34. The standard InChI is InChI=1S/C14H20Cl2N2O2.ClH/c1-3-9(4-2)5-11(17)14(19)20-8-10-6-12(15)18-13(16)7-10;/h6-7,9,11H,3-5,8,17H2,1-2H3;1H/t11-;/m0./s1. The van der Waals surface area contributed by atoms with Gasteiger partial charge in [0.15, 0.2) is 0 Å². The van der Waals surface area contributed by atoms with Crippen LogP contribution in [0.4, 0.5) is 0 Å². The van der Waals surface area contributed by atoms with E-state index in [4.69, 9.17) is 33.7 Å². The summed E-state index contributed by atoms with van der Waals surface area (Å²) in [6.07, 6.45) is 2.66. The third-order valence-electron chi connectivity index (χ3n) is 3.25. The molecule has 0 aromatic carbocycles. The van der Waals surface area contributed by atoms with Crippen molar-refractivity contribution in [2.45, 2.75) is 45.8 Å². The molecule has 0 saturated carbocycles. The molecule has 2 N–H and O–H groups in total. The summed E-state index contributed by atoms with van der Waals surface area (Å²) in [4.78, 5) is 15.6. The number of halogens is 3. The van der Waals surface area contributed by atoms with Crippen LogP contribution < -0.4 is 5.73 Å². The molecule has 1 aromatic rings. The Hall–Kier alpha value is -0.550. The summed E-state index contributed by atoms with van der Waals surface area (Å²) < 4.78 is 5.18. The predicted octanol–water partition coefficient (Wildman–Crippen LogP) is 4.01. The molecule has 4 nitrogen and oxygen atoms in total. The van der Waals surface area contributed by atoms with Gasteiger partial charge in [-0.05, 0) is 30.0 Å². The second kappa shape index (κ2) is 10.2. The molecule has 7 heteroatoms. The van der Waals surface area contributed by atoms with Gasteiger partial charge in [0, 0.05) is 0 Å². The van der Waals surface area contributed by atoms with Crippen molar-refractivity contribution < 1.29 is 9.53 Å². The number of pyridine rings is 1. The van der Waals surface area contributed by atoms with Crippen LogP contribution in [0.1, 0.15) is 38.7 Å². The molecule has 21 heavy (non-hydrogen) atoms. The molecule has 0 aliphatic heterocycles. The molecule has 1 heterocycles. The lowest BCUT2D eigenvalue weighted by atomic mass is 9.95. The zero-order chi connectivity index (χ0) is 15.1. The lowest BCUT2D eigenvalue weighted by molar-refractivity contribution is -0.147. The lowest BCUT2D eigenvalue weighted by Gasteiger charge is -2.17. The van der Waals surface area contributed by atoms with E-state index in [0.717, 1.165) is 12.8 Å². The average molecular weight is 356 g/mol. The molecule has 0 amide bonds. The van der Waals surface area contributed by atoms with Crippen molar-refractivity contribution >= 4 is 41.6 Å². The number of carbonyl (C=O) groups excluding carboxylic acids is 1. The Kier molecular flexibility index (Phi) is 9.95. The second-order valence-corrected chi connectivity index (χ2v) is 5.53. The first-order chi connectivity index (χ1) is 9.46. The summed E-state index contributed by atoms with van der Waals surface area (Å²) in [7, 11) is 0. The first-order valence-electron chi connectivity index (χ1n) is 6.70. The van der Waals surface area contributed by atoms with Crippen molar-refractivity contribution in [1.29, 1.82) is 0 Å². The smallest absolute Gasteiger partial charge is 0.323 e.